The number of nitrogens with one attached hydrogen (secondary N) is 1. The second kappa shape index (κ2) is 7.78. The highest BCUT2D eigenvalue weighted by Gasteiger charge is 2.40. The van der Waals surface area contributed by atoms with Crippen molar-refractivity contribution in [1.82, 2.24) is 9.55 Å². The van der Waals surface area contributed by atoms with Crippen LogP contribution in [0.4, 0.5) is 5.95 Å². The maximum atomic E-state index is 13.7. The van der Waals surface area contributed by atoms with E-state index in [1.54, 1.807) is 25.6 Å². The smallest absolute Gasteiger partial charge is 0.209 e. The average molecular weight is 458 g/mol. The lowest BCUT2D eigenvalue weighted by molar-refractivity contribution is -0.116. The number of allylic oxidation sites excluding steroid dienone is 2. The Morgan fingerprint density at radius 1 is 1.03 bits per heavy atom. The van der Waals surface area contributed by atoms with E-state index >= 15 is 0 Å². The fourth-order valence-corrected chi connectivity index (χ4v) is 5.92. The van der Waals surface area contributed by atoms with Crippen molar-refractivity contribution >= 4 is 34.1 Å². The van der Waals surface area contributed by atoms with Gasteiger partial charge in [-0.05, 0) is 47.7 Å². The third kappa shape index (κ3) is 3.15. The maximum absolute atomic E-state index is 13.7. The molecule has 33 heavy (non-hydrogen) atoms. The average Bonchev–Trinajstić information content (AvgIpc) is 3.50. The summed E-state index contributed by atoms with van der Waals surface area (Å²) in [6, 6.07) is 17.8. The molecule has 0 radical (unpaired) electrons. The molecule has 6 nitrogen and oxygen atoms in total. The highest BCUT2D eigenvalue weighted by atomic mass is 32.1. The van der Waals surface area contributed by atoms with Crippen LogP contribution in [0.1, 0.15) is 35.2 Å². The summed E-state index contributed by atoms with van der Waals surface area (Å²) in [5.41, 5.74) is 4.62. The van der Waals surface area contributed by atoms with E-state index in [0.29, 0.717) is 17.9 Å². The van der Waals surface area contributed by atoms with Crippen LogP contribution in [0.15, 0.2) is 71.2 Å². The highest BCUT2D eigenvalue weighted by molar-refractivity contribution is 7.10. The molecule has 6 rings (SSSR count). The molecular weight excluding hydrogens is 434 g/mol. The molecule has 0 fully saturated rings. The molecule has 0 unspecified atom stereocenters. The van der Waals surface area contributed by atoms with Crippen LogP contribution in [-0.2, 0) is 4.79 Å². The van der Waals surface area contributed by atoms with E-state index in [4.69, 9.17) is 14.5 Å². The fraction of sp³-hybridized carbons (Fsp3) is 0.231. The first-order valence-electron chi connectivity index (χ1n) is 10.9. The van der Waals surface area contributed by atoms with Crippen LogP contribution in [0.5, 0.6) is 11.5 Å². The number of rotatable bonds is 4. The normalized spacial score (nSPS) is 19.8. The summed E-state index contributed by atoms with van der Waals surface area (Å²) in [4.78, 5) is 19.8. The van der Waals surface area contributed by atoms with Crippen molar-refractivity contribution in [1.29, 1.82) is 0 Å². The molecule has 2 aromatic heterocycles. The summed E-state index contributed by atoms with van der Waals surface area (Å²) in [5, 5.41) is 5.59. The summed E-state index contributed by atoms with van der Waals surface area (Å²) in [6.07, 6.45) is 1.29. The Balaban J connectivity index is 1.55. The first-order valence-corrected chi connectivity index (χ1v) is 11.8. The zero-order valence-corrected chi connectivity index (χ0v) is 19.2. The zero-order chi connectivity index (χ0) is 22.5. The number of fused-ring (bicyclic) bond motifs is 3. The monoisotopic (exact) mass is 457 g/mol. The van der Waals surface area contributed by atoms with Crippen LogP contribution >= 0.6 is 11.3 Å². The molecule has 0 saturated heterocycles. The van der Waals surface area contributed by atoms with Crippen molar-refractivity contribution in [2.24, 2.45) is 0 Å². The molecular formula is C26H23N3O3S. The molecule has 1 aliphatic heterocycles. The number of nitrogens with zero attached hydrogens (tertiary/aromatic N) is 2. The molecule has 2 aromatic carbocycles. The molecule has 1 aliphatic carbocycles. The Labute approximate surface area is 195 Å². The largest absolute Gasteiger partial charge is 0.493 e. The fourth-order valence-electron chi connectivity index (χ4n) is 5.09. The van der Waals surface area contributed by atoms with Gasteiger partial charge in [-0.3, -0.25) is 9.36 Å². The number of benzene rings is 2. The lowest BCUT2D eigenvalue weighted by atomic mass is 9.79. The van der Waals surface area contributed by atoms with Crippen LogP contribution in [-0.4, -0.2) is 29.6 Å². The number of Topliss-reactive ketones (excluding diaryl/α,β-unsaturated/α-hetero) is 1. The van der Waals surface area contributed by atoms with Gasteiger partial charge in [0.05, 0.1) is 31.3 Å². The lowest BCUT2D eigenvalue weighted by Gasteiger charge is -2.36. The van der Waals surface area contributed by atoms with Gasteiger partial charge in [-0.2, -0.15) is 0 Å². The van der Waals surface area contributed by atoms with Crippen LogP contribution in [0.3, 0.4) is 0 Å². The quantitative estimate of drug-likeness (QED) is 0.436. The predicted molar refractivity (Wildman–Crippen MR) is 129 cm³/mol. The van der Waals surface area contributed by atoms with E-state index in [1.807, 2.05) is 36.4 Å². The summed E-state index contributed by atoms with van der Waals surface area (Å²) in [6.45, 7) is 0. The summed E-state index contributed by atoms with van der Waals surface area (Å²) in [7, 11) is 3.25. The number of ether oxygens (including phenoxy) is 2. The standard InChI is InChI=1S/C26H23N3O3S/c1-31-21-10-9-15(14-22(21)32-2)25-24-18(12-16(13-20(24)30)23-8-5-11-33-23)28-26-27-17-6-3-4-7-19(17)29(25)26/h3-11,14,16,25H,12-13H2,1-2H3,(H,27,28)/t16-,25-/m1/s1. The summed E-state index contributed by atoms with van der Waals surface area (Å²) >= 11 is 1.71. The molecule has 2 aliphatic rings. The van der Waals surface area contributed by atoms with E-state index in [1.165, 1.54) is 4.88 Å². The van der Waals surface area contributed by atoms with E-state index < -0.39 is 0 Å². The second-order valence-electron chi connectivity index (χ2n) is 8.37. The van der Waals surface area contributed by atoms with Crippen molar-refractivity contribution in [3.8, 4) is 11.5 Å². The summed E-state index contributed by atoms with van der Waals surface area (Å²) < 4.78 is 13.2. The highest BCUT2D eigenvalue weighted by Crippen LogP contribution is 2.47. The molecule has 0 spiro atoms. The maximum Gasteiger partial charge on any atom is 0.209 e. The SMILES string of the molecule is COc1ccc([C@@H]2C3=C(C[C@@H](c4cccs4)CC3=O)Nc3nc4ccccc4n32)cc1OC. The molecule has 3 heterocycles. The van der Waals surface area contributed by atoms with Gasteiger partial charge >= 0.3 is 0 Å². The minimum absolute atomic E-state index is 0.172. The number of carbonyl (C=O) groups excluding carboxylic acids is 1. The van der Waals surface area contributed by atoms with Crippen molar-refractivity contribution in [2.45, 2.75) is 24.8 Å². The van der Waals surface area contributed by atoms with Crippen LogP contribution in [0.2, 0.25) is 0 Å². The van der Waals surface area contributed by atoms with Gasteiger partial charge in [-0.25, -0.2) is 4.98 Å². The van der Waals surface area contributed by atoms with Gasteiger partial charge in [0.2, 0.25) is 5.95 Å². The van der Waals surface area contributed by atoms with E-state index in [0.717, 1.165) is 40.2 Å². The molecule has 4 aromatic rings. The molecule has 0 saturated carbocycles. The zero-order valence-electron chi connectivity index (χ0n) is 18.4. The van der Waals surface area contributed by atoms with Gasteiger partial charge in [0, 0.05) is 28.5 Å². The number of para-hydroxylation sites is 2. The number of methoxy groups -OCH3 is 2. The first-order chi connectivity index (χ1) is 16.2. The van der Waals surface area contributed by atoms with Crippen molar-refractivity contribution in [3.05, 3.63) is 81.7 Å². The van der Waals surface area contributed by atoms with E-state index in [2.05, 4.69) is 33.5 Å². The molecule has 0 bridgehead atoms. The Kier molecular flexibility index (Phi) is 4.73. The minimum Gasteiger partial charge on any atom is -0.493 e. The van der Waals surface area contributed by atoms with E-state index in [9.17, 15) is 4.79 Å². The number of thiophene rings is 1. The first kappa shape index (κ1) is 20.1. The van der Waals surface area contributed by atoms with Crippen LogP contribution in [0.25, 0.3) is 11.0 Å². The molecule has 7 heteroatoms. The Morgan fingerprint density at radius 2 is 1.88 bits per heavy atom. The third-order valence-corrected chi connectivity index (χ3v) is 7.60. The number of hydrogen-bond acceptors (Lipinski definition) is 6. The lowest BCUT2D eigenvalue weighted by Crippen LogP contribution is -2.33. The second-order valence-corrected chi connectivity index (χ2v) is 9.35. The number of imidazole rings is 1. The Morgan fingerprint density at radius 3 is 2.67 bits per heavy atom. The van der Waals surface area contributed by atoms with Crippen molar-refractivity contribution in [3.63, 3.8) is 0 Å². The van der Waals surface area contributed by atoms with Gasteiger partial charge < -0.3 is 14.8 Å². The van der Waals surface area contributed by atoms with Crippen LogP contribution in [0, 0.1) is 0 Å². The number of aromatic nitrogens is 2. The van der Waals surface area contributed by atoms with Crippen molar-refractivity contribution < 1.29 is 14.3 Å². The number of anilines is 1. The number of hydrogen-bond donors (Lipinski definition) is 1. The van der Waals surface area contributed by atoms with Gasteiger partial charge in [-0.15, -0.1) is 11.3 Å². The predicted octanol–water partition coefficient (Wildman–Crippen LogP) is 5.53. The van der Waals surface area contributed by atoms with Gasteiger partial charge in [0.1, 0.15) is 0 Å². The number of ketones is 1. The van der Waals surface area contributed by atoms with Gasteiger partial charge in [0.25, 0.3) is 0 Å². The summed E-state index contributed by atoms with van der Waals surface area (Å²) in [5.74, 6) is 2.42. The molecule has 1 N–H and O–H groups in total. The third-order valence-electron chi connectivity index (χ3n) is 6.57. The van der Waals surface area contributed by atoms with Crippen LogP contribution < -0.4 is 14.8 Å². The topological polar surface area (TPSA) is 65.4 Å². The van der Waals surface area contributed by atoms with Crippen molar-refractivity contribution in [2.75, 3.05) is 19.5 Å². The Hall–Kier alpha value is -3.58. The number of carbonyl (C=O) groups is 1. The van der Waals surface area contributed by atoms with Gasteiger partial charge in [0.15, 0.2) is 17.3 Å². The molecule has 2 atom stereocenters. The van der Waals surface area contributed by atoms with E-state index in [-0.39, 0.29) is 17.7 Å². The molecule has 0 amide bonds. The molecule has 166 valence electrons. The minimum atomic E-state index is -0.291. The van der Waals surface area contributed by atoms with Gasteiger partial charge in [-0.1, -0.05) is 24.3 Å². The Bertz CT molecular complexity index is 1400.